The molecule has 1 N–H and O–H groups in total. The average molecular weight is 351 g/mol. The molecule has 138 valence electrons. The van der Waals surface area contributed by atoms with Crippen molar-refractivity contribution in [3.05, 3.63) is 23.3 Å². The molecule has 7 nitrogen and oxygen atoms in total. The van der Waals surface area contributed by atoms with Gasteiger partial charge in [0.2, 0.25) is 0 Å². The molecular formula is C18H25NO6. The van der Waals surface area contributed by atoms with E-state index in [0.29, 0.717) is 30.2 Å². The molecule has 1 unspecified atom stereocenters. The Morgan fingerprint density at radius 3 is 2.40 bits per heavy atom. The molecule has 1 aromatic rings. The lowest BCUT2D eigenvalue weighted by molar-refractivity contribution is -0.137. The minimum absolute atomic E-state index is 0.0491. The third-order valence-electron chi connectivity index (χ3n) is 4.33. The van der Waals surface area contributed by atoms with Crippen LogP contribution in [0.2, 0.25) is 0 Å². The molecular weight excluding hydrogens is 326 g/mol. The average Bonchev–Trinajstić information content (AvgIpc) is 3.11. The first-order chi connectivity index (χ1) is 12.0. The lowest BCUT2D eigenvalue weighted by Gasteiger charge is -2.25. The van der Waals surface area contributed by atoms with Crippen LogP contribution in [0, 0.1) is 6.92 Å². The highest BCUT2D eigenvalue weighted by Gasteiger charge is 2.25. The Labute approximate surface area is 147 Å². The summed E-state index contributed by atoms with van der Waals surface area (Å²) in [6, 6.07) is 3.31. The number of hydrogen-bond acceptors (Lipinski definition) is 5. The number of aliphatic carboxylic acids is 1. The summed E-state index contributed by atoms with van der Waals surface area (Å²) in [4.78, 5) is 25.4. The lowest BCUT2D eigenvalue weighted by Crippen LogP contribution is -2.38. The quantitative estimate of drug-likeness (QED) is 0.772. The summed E-state index contributed by atoms with van der Waals surface area (Å²) in [6.07, 6.45) is 1.67. The largest absolute Gasteiger partial charge is 0.496 e. The Hall–Kier alpha value is -2.28. The maximum absolute atomic E-state index is 13.0. The monoisotopic (exact) mass is 351 g/mol. The van der Waals surface area contributed by atoms with Gasteiger partial charge in [0, 0.05) is 30.8 Å². The summed E-state index contributed by atoms with van der Waals surface area (Å²) in [6.45, 7) is 3.04. The molecule has 1 aliphatic rings. The molecule has 1 heterocycles. The van der Waals surface area contributed by atoms with Crippen LogP contribution in [0.4, 0.5) is 0 Å². The highest BCUT2D eigenvalue weighted by atomic mass is 16.5. The van der Waals surface area contributed by atoms with Crippen LogP contribution in [-0.2, 0) is 9.53 Å². The number of carboxylic acids is 1. The number of carboxylic acid groups (broad SMARTS) is 1. The van der Waals surface area contributed by atoms with Crippen molar-refractivity contribution in [2.75, 3.05) is 33.9 Å². The summed E-state index contributed by atoms with van der Waals surface area (Å²) in [5, 5.41) is 8.97. The lowest BCUT2D eigenvalue weighted by atomic mass is 10.1. The van der Waals surface area contributed by atoms with Gasteiger partial charge in [-0.25, -0.2) is 0 Å². The number of amides is 1. The normalized spacial score (nSPS) is 16.5. The summed E-state index contributed by atoms with van der Waals surface area (Å²) in [5.74, 6) is -0.0893. The van der Waals surface area contributed by atoms with Gasteiger partial charge in [-0.2, -0.15) is 0 Å². The molecule has 1 aliphatic heterocycles. The van der Waals surface area contributed by atoms with Crippen LogP contribution in [-0.4, -0.2) is 61.9 Å². The molecule has 7 heteroatoms. The van der Waals surface area contributed by atoms with Crippen molar-refractivity contribution < 1.29 is 28.9 Å². The molecule has 0 radical (unpaired) electrons. The number of benzene rings is 1. The van der Waals surface area contributed by atoms with E-state index in [-0.39, 0.29) is 25.0 Å². The molecule has 1 saturated heterocycles. The number of hydrogen-bond donors (Lipinski definition) is 1. The molecule has 1 atom stereocenters. The third kappa shape index (κ3) is 4.85. The van der Waals surface area contributed by atoms with E-state index in [4.69, 9.17) is 19.3 Å². The van der Waals surface area contributed by atoms with Crippen LogP contribution in [0.3, 0.4) is 0 Å². The van der Waals surface area contributed by atoms with Crippen LogP contribution >= 0.6 is 0 Å². The molecule has 0 spiro atoms. The minimum Gasteiger partial charge on any atom is -0.496 e. The maximum atomic E-state index is 13.0. The van der Waals surface area contributed by atoms with E-state index in [1.807, 2.05) is 6.92 Å². The SMILES string of the molecule is COc1cc(C(=O)N(CCC(=O)O)CC2CCCO2)cc(OC)c1C. The minimum atomic E-state index is -0.941. The molecule has 2 rings (SSSR count). The second-order valence-corrected chi connectivity index (χ2v) is 6.04. The standard InChI is InChI=1S/C18H25NO6/c1-12-15(23-2)9-13(10-16(12)24-3)18(22)19(7-6-17(20)21)11-14-5-4-8-25-14/h9-10,14H,4-8,11H2,1-3H3,(H,20,21). The maximum Gasteiger partial charge on any atom is 0.305 e. The van der Waals surface area contributed by atoms with Gasteiger partial charge in [0.25, 0.3) is 5.91 Å². The first-order valence-electron chi connectivity index (χ1n) is 8.31. The highest BCUT2D eigenvalue weighted by Crippen LogP contribution is 2.30. The molecule has 1 fully saturated rings. The van der Waals surface area contributed by atoms with E-state index in [1.54, 1.807) is 12.1 Å². The number of carbonyl (C=O) groups is 2. The summed E-state index contributed by atoms with van der Waals surface area (Å²) < 4.78 is 16.2. The van der Waals surface area contributed by atoms with E-state index >= 15 is 0 Å². The number of ether oxygens (including phenoxy) is 3. The van der Waals surface area contributed by atoms with Crippen molar-refractivity contribution in [2.24, 2.45) is 0 Å². The smallest absolute Gasteiger partial charge is 0.305 e. The number of rotatable bonds is 8. The Balaban J connectivity index is 2.25. The van der Waals surface area contributed by atoms with Gasteiger partial charge in [-0.1, -0.05) is 0 Å². The van der Waals surface area contributed by atoms with Crippen molar-refractivity contribution >= 4 is 11.9 Å². The molecule has 1 aromatic carbocycles. The fourth-order valence-electron chi connectivity index (χ4n) is 2.93. The van der Waals surface area contributed by atoms with Gasteiger partial charge >= 0.3 is 5.97 Å². The van der Waals surface area contributed by atoms with Gasteiger partial charge in [0.15, 0.2) is 0 Å². The van der Waals surface area contributed by atoms with Crippen LogP contribution in [0.25, 0.3) is 0 Å². The van der Waals surface area contributed by atoms with E-state index in [9.17, 15) is 9.59 Å². The Kier molecular flexibility index (Phi) is 6.64. The Bertz CT molecular complexity index is 599. The fourth-order valence-corrected chi connectivity index (χ4v) is 2.93. The zero-order valence-corrected chi connectivity index (χ0v) is 14.9. The molecule has 1 amide bonds. The van der Waals surface area contributed by atoms with Crippen LogP contribution < -0.4 is 9.47 Å². The van der Waals surface area contributed by atoms with E-state index in [0.717, 1.165) is 18.4 Å². The number of nitrogens with zero attached hydrogens (tertiary/aromatic N) is 1. The number of methoxy groups -OCH3 is 2. The zero-order valence-electron chi connectivity index (χ0n) is 14.9. The van der Waals surface area contributed by atoms with E-state index in [2.05, 4.69) is 0 Å². The fraction of sp³-hybridized carbons (Fsp3) is 0.556. The predicted molar refractivity (Wildman–Crippen MR) is 91.4 cm³/mol. The topological polar surface area (TPSA) is 85.3 Å². The summed E-state index contributed by atoms with van der Waals surface area (Å²) in [5.41, 5.74) is 1.21. The van der Waals surface area contributed by atoms with Crippen molar-refractivity contribution in [1.82, 2.24) is 4.90 Å². The molecule has 0 saturated carbocycles. The van der Waals surface area contributed by atoms with Crippen LogP contribution in [0.5, 0.6) is 11.5 Å². The Morgan fingerprint density at radius 2 is 1.92 bits per heavy atom. The van der Waals surface area contributed by atoms with Gasteiger partial charge in [0.05, 0.1) is 26.7 Å². The first kappa shape index (κ1) is 19.1. The molecule has 0 aliphatic carbocycles. The van der Waals surface area contributed by atoms with E-state index in [1.165, 1.54) is 19.1 Å². The van der Waals surface area contributed by atoms with Gasteiger partial charge in [-0.05, 0) is 31.9 Å². The number of carbonyl (C=O) groups excluding carboxylic acids is 1. The second-order valence-electron chi connectivity index (χ2n) is 6.04. The van der Waals surface area contributed by atoms with Crippen molar-refractivity contribution in [1.29, 1.82) is 0 Å². The van der Waals surface area contributed by atoms with Crippen molar-refractivity contribution in [2.45, 2.75) is 32.3 Å². The van der Waals surface area contributed by atoms with Crippen LogP contribution in [0.1, 0.15) is 35.2 Å². The van der Waals surface area contributed by atoms with Crippen molar-refractivity contribution in [3.63, 3.8) is 0 Å². The van der Waals surface area contributed by atoms with Gasteiger partial charge in [0.1, 0.15) is 11.5 Å². The van der Waals surface area contributed by atoms with Gasteiger partial charge < -0.3 is 24.2 Å². The van der Waals surface area contributed by atoms with Crippen LogP contribution in [0.15, 0.2) is 12.1 Å². The van der Waals surface area contributed by atoms with Gasteiger partial charge in [-0.15, -0.1) is 0 Å². The van der Waals surface area contributed by atoms with E-state index < -0.39 is 5.97 Å². The van der Waals surface area contributed by atoms with Crippen molar-refractivity contribution in [3.8, 4) is 11.5 Å². The zero-order chi connectivity index (χ0) is 18.4. The first-order valence-corrected chi connectivity index (χ1v) is 8.31. The molecule has 25 heavy (non-hydrogen) atoms. The summed E-state index contributed by atoms with van der Waals surface area (Å²) in [7, 11) is 3.06. The molecule has 0 aromatic heterocycles. The highest BCUT2D eigenvalue weighted by molar-refractivity contribution is 5.95. The Morgan fingerprint density at radius 1 is 1.28 bits per heavy atom. The van der Waals surface area contributed by atoms with Gasteiger partial charge in [-0.3, -0.25) is 9.59 Å². The molecule has 0 bridgehead atoms. The summed E-state index contributed by atoms with van der Waals surface area (Å²) >= 11 is 0. The second kappa shape index (κ2) is 8.71. The predicted octanol–water partition coefficient (Wildman–Crippen LogP) is 2.11. The third-order valence-corrected chi connectivity index (χ3v) is 4.33.